The topological polar surface area (TPSA) is 35.0 Å². The van der Waals surface area contributed by atoms with E-state index in [0.29, 0.717) is 0 Å². The maximum absolute atomic E-state index is 3.00. The predicted octanol–water partition coefficient (Wildman–Crippen LogP) is -2.03. The summed E-state index contributed by atoms with van der Waals surface area (Å²) in [5.74, 6) is 0. The van der Waals surface area contributed by atoms with Crippen LogP contribution in [0, 0.1) is 0 Å². The van der Waals surface area contributed by atoms with Gasteiger partial charge in [0.05, 0.1) is 0 Å². The van der Waals surface area contributed by atoms with E-state index in [2.05, 4.69) is 13.2 Å². The number of hydrogen-bond donors (Lipinski definition) is 1. The molecule has 20 valence electrons. The van der Waals surface area contributed by atoms with Gasteiger partial charge in [-0.1, -0.05) is 0 Å². The molecule has 4 heavy (non-hydrogen) atoms. The molecule has 0 unspecified atom stereocenters. The van der Waals surface area contributed by atoms with E-state index in [4.69, 9.17) is 0 Å². The molecule has 0 heterocycles. The Hall–Kier alpha value is 0.700. The number of rotatable bonds is 0. The number of hydrogen-bond acceptors (Lipinski definition) is 1. The van der Waals surface area contributed by atoms with Crippen molar-refractivity contribution in [2.24, 2.45) is 0 Å². The summed E-state index contributed by atoms with van der Waals surface area (Å²) in [7, 11) is 0. The van der Waals surface area contributed by atoms with Gasteiger partial charge < -0.3 is 6.15 Å². The van der Waals surface area contributed by atoms with Gasteiger partial charge in [0.15, 0.2) is 0 Å². The van der Waals surface area contributed by atoms with Crippen molar-refractivity contribution in [2.75, 3.05) is 0 Å². The second-order valence-corrected chi connectivity index (χ2v) is 0. The molecule has 0 radical (unpaired) electrons. The molecule has 3 N–H and O–H groups in total. The van der Waals surface area contributed by atoms with Crippen LogP contribution in [0.5, 0.6) is 0 Å². The molecule has 0 saturated carbocycles. The van der Waals surface area contributed by atoms with Crippen molar-refractivity contribution >= 4 is 0 Å². The van der Waals surface area contributed by atoms with Crippen LogP contribution >= 0.6 is 0 Å². The normalized spacial score (nSPS) is 1.00. The van der Waals surface area contributed by atoms with Gasteiger partial charge in [-0.25, -0.2) is 0 Å². The monoisotopic (exact) mass is 68.0 g/mol. The minimum atomic E-state index is 0. The minimum Gasteiger partial charge on any atom is -0.344 e. The zero-order valence-corrected chi connectivity index (χ0v) is 5.12. The standard InChI is InChI=1S/C2H4.H3N.Na/c1-2;;/h1-2H2;1H3;/q;;+1. The summed E-state index contributed by atoms with van der Waals surface area (Å²) in [5, 5.41) is 0. The van der Waals surface area contributed by atoms with Crippen molar-refractivity contribution in [3.8, 4) is 0 Å². The van der Waals surface area contributed by atoms with Crippen molar-refractivity contribution in [1.82, 2.24) is 6.15 Å². The van der Waals surface area contributed by atoms with E-state index in [-0.39, 0.29) is 35.7 Å². The van der Waals surface area contributed by atoms with Gasteiger partial charge >= 0.3 is 29.6 Å². The smallest absolute Gasteiger partial charge is 0.344 e. The molecule has 1 nitrogen and oxygen atoms in total. The van der Waals surface area contributed by atoms with Crippen LogP contribution in [0.25, 0.3) is 0 Å². The summed E-state index contributed by atoms with van der Waals surface area (Å²) < 4.78 is 0. The Morgan fingerprint density at radius 3 is 1.00 bits per heavy atom. The molecular formula is C2H7NNa+. The molecule has 0 bridgehead atoms. The zero-order valence-electron chi connectivity index (χ0n) is 3.12. The van der Waals surface area contributed by atoms with E-state index in [9.17, 15) is 0 Å². The molecule has 0 aromatic heterocycles. The Kier molecular flexibility index (Phi) is 306. The SMILES string of the molecule is C=C.N.[Na+]. The van der Waals surface area contributed by atoms with E-state index in [0.717, 1.165) is 0 Å². The van der Waals surface area contributed by atoms with Crippen molar-refractivity contribution in [2.45, 2.75) is 0 Å². The van der Waals surface area contributed by atoms with Gasteiger partial charge in [-0.15, -0.1) is 13.2 Å². The van der Waals surface area contributed by atoms with E-state index in [1.165, 1.54) is 0 Å². The molecule has 0 aliphatic carbocycles. The first-order chi connectivity index (χ1) is 1.00. The Morgan fingerprint density at radius 1 is 1.00 bits per heavy atom. The fourth-order valence-electron chi connectivity index (χ4n) is 0. The quantitative estimate of drug-likeness (QED) is 0.258. The maximum atomic E-state index is 3.00. The largest absolute Gasteiger partial charge is 1.00 e. The molecule has 0 rings (SSSR count). The minimum absolute atomic E-state index is 0. The molecule has 0 aliphatic heterocycles. The Morgan fingerprint density at radius 2 is 1.00 bits per heavy atom. The van der Waals surface area contributed by atoms with Crippen LogP contribution in [0.2, 0.25) is 0 Å². The van der Waals surface area contributed by atoms with Crippen LogP contribution in [-0.2, 0) is 0 Å². The second kappa shape index (κ2) is 55.0. The van der Waals surface area contributed by atoms with Crippen LogP contribution in [0.15, 0.2) is 13.2 Å². The first-order valence-corrected chi connectivity index (χ1v) is 0.500. The zero-order chi connectivity index (χ0) is 2.00. The summed E-state index contributed by atoms with van der Waals surface area (Å²) in [6, 6.07) is 0. The average molecular weight is 68.1 g/mol. The van der Waals surface area contributed by atoms with Crippen molar-refractivity contribution < 1.29 is 29.6 Å². The first kappa shape index (κ1) is 22.3. The van der Waals surface area contributed by atoms with Crippen LogP contribution in [0.3, 0.4) is 0 Å². The molecule has 0 atom stereocenters. The average Bonchev–Trinajstić information content (AvgIpc) is 1.00. The third-order valence-corrected chi connectivity index (χ3v) is 0. The van der Waals surface area contributed by atoms with Gasteiger partial charge in [-0.05, 0) is 0 Å². The van der Waals surface area contributed by atoms with Gasteiger partial charge in [0.2, 0.25) is 0 Å². The third kappa shape index (κ3) is 15.9. The molecule has 0 aromatic carbocycles. The molecule has 0 amide bonds. The van der Waals surface area contributed by atoms with Gasteiger partial charge in [0, 0.05) is 0 Å². The molecule has 0 spiro atoms. The molecule has 0 saturated heterocycles. The molecule has 0 aliphatic rings. The molecule has 0 fully saturated rings. The van der Waals surface area contributed by atoms with Crippen LogP contribution < -0.4 is 35.7 Å². The van der Waals surface area contributed by atoms with Gasteiger partial charge in [0.1, 0.15) is 0 Å². The Balaban J connectivity index is -0.00000000500. The molecule has 0 aromatic rings. The predicted molar refractivity (Wildman–Crippen MR) is 16.3 cm³/mol. The van der Waals surface area contributed by atoms with Crippen molar-refractivity contribution in [3.63, 3.8) is 0 Å². The Bertz CT molecular complexity index is 6.00. The fourth-order valence-corrected chi connectivity index (χ4v) is 0. The van der Waals surface area contributed by atoms with E-state index in [1.807, 2.05) is 0 Å². The maximum Gasteiger partial charge on any atom is 1.00 e. The van der Waals surface area contributed by atoms with Crippen LogP contribution in [0.4, 0.5) is 0 Å². The summed E-state index contributed by atoms with van der Waals surface area (Å²) >= 11 is 0. The van der Waals surface area contributed by atoms with Crippen LogP contribution in [0.1, 0.15) is 0 Å². The molecular weight excluding hydrogens is 61.0 g/mol. The van der Waals surface area contributed by atoms with Crippen molar-refractivity contribution in [1.29, 1.82) is 0 Å². The summed E-state index contributed by atoms with van der Waals surface area (Å²) in [4.78, 5) is 0. The molecule has 2 heteroatoms. The van der Waals surface area contributed by atoms with Gasteiger partial charge in [-0.3, -0.25) is 0 Å². The summed E-state index contributed by atoms with van der Waals surface area (Å²) in [6.45, 7) is 6.00. The first-order valence-electron chi connectivity index (χ1n) is 0.500. The van der Waals surface area contributed by atoms with Crippen molar-refractivity contribution in [3.05, 3.63) is 13.2 Å². The van der Waals surface area contributed by atoms with Gasteiger partial charge in [-0.2, -0.15) is 0 Å². The van der Waals surface area contributed by atoms with E-state index >= 15 is 0 Å². The third-order valence-electron chi connectivity index (χ3n) is 0. The second-order valence-electron chi connectivity index (χ2n) is 0. The summed E-state index contributed by atoms with van der Waals surface area (Å²) in [6.07, 6.45) is 0. The van der Waals surface area contributed by atoms with Crippen LogP contribution in [-0.4, -0.2) is 0 Å². The van der Waals surface area contributed by atoms with E-state index < -0.39 is 0 Å². The van der Waals surface area contributed by atoms with E-state index in [1.54, 1.807) is 0 Å². The summed E-state index contributed by atoms with van der Waals surface area (Å²) in [5.41, 5.74) is 0. The fraction of sp³-hybridized carbons (Fsp3) is 0. The van der Waals surface area contributed by atoms with Gasteiger partial charge in [0.25, 0.3) is 0 Å². The Labute approximate surface area is 49.0 Å².